The molecule has 1 heterocycles. The Morgan fingerprint density at radius 1 is 1.17 bits per heavy atom. The highest BCUT2D eigenvalue weighted by Gasteiger charge is 2.46. The van der Waals surface area contributed by atoms with Crippen LogP contribution in [0.3, 0.4) is 0 Å². The number of aliphatic hydroxyl groups excluding tert-OH is 1. The molecule has 1 saturated heterocycles. The van der Waals surface area contributed by atoms with Crippen molar-refractivity contribution in [3.8, 4) is 11.5 Å². The fraction of sp³-hybridized carbons (Fsp3) is 0.438. The Balaban J connectivity index is 1.93. The average molecular weight is 322 g/mol. The molecule has 1 aromatic carbocycles. The number of esters is 1. The van der Waals surface area contributed by atoms with Crippen LogP contribution in [0.4, 0.5) is 0 Å². The summed E-state index contributed by atoms with van der Waals surface area (Å²) in [5.41, 5.74) is 0.252. The van der Waals surface area contributed by atoms with Gasteiger partial charge in [-0.2, -0.15) is 0 Å². The number of aliphatic hydroxyl groups is 1. The summed E-state index contributed by atoms with van der Waals surface area (Å²) in [6.07, 6.45) is -1.96. The minimum Gasteiger partial charge on any atom is -0.497 e. The molecule has 1 N–H and O–H groups in total. The summed E-state index contributed by atoms with van der Waals surface area (Å²) in [4.78, 5) is 12.0. The van der Waals surface area contributed by atoms with Gasteiger partial charge in [0.15, 0.2) is 0 Å². The van der Waals surface area contributed by atoms with Crippen molar-refractivity contribution in [1.29, 1.82) is 0 Å². The number of ether oxygens (including phenoxy) is 5. The van der Waals surface area contributed by atoms with Crippen LogP contribution < -0.4 is 9.47 Å². The molecule has 7 heteroatoms. The number of fused-ring (bicyclic) bond motifs is 1. The van der Waals surface area contributed by atoms with E-state index in [0.29, 0.717) is 17.3 Å². The van der Waals surface area contributed by atoms with Crippen LogP contribution in [0.2, 0.25) is 0 Å². The van der Waals surface area contributed by atoms with E-state index >= 15 is 0 Å². The number of hydrogen-bond acceptors (Lipinski definition) is 7. The number of carbonyl (C=O) groups is 1. The fourth-order valence-corrected chi connectivity index (χ4v) is 2.71. The van der Waals surface area contributed by atoms with Gasteiger partial charge in [-0.15, -0.1) is 0 Å². The lowest BCUT2D eigenvalue weighted by Crippen LogP contribution is -2.43. The third-order valence-electron chi connectivity index (χ3n) is 3.87. The van der Waals surface area contributed by atoms with E-state index < -0.39 is 24.3 Å². The molecule has 1 fully saturated rings. The second kappa shape index (κ2) is 6.57. The van der Waals surface area contributed by atoms with E-state index in [-0.39, 0.29) is 18.8 Å². The highest BCUT2D eigenvalue weighted by atomic mass is 16.7. The highest BCUT2D eigenvalue weighted by molar-refractivity contribution is 5.89. The first-order valence-electron chi connectivity index (χ1n) is 7.18. The molecule has 0 radical (unpaired) electrons. The van der Waals surface area contributed by atoms with E-state index in [0.717, 1.165) is 0 Å². The molecular formula is C16H18O7. The molecule has 0 saturated carbocycles. The molecule has 0 aromatic heterocycles. The maximum absolute atomic E-state index is 12.0. The average Bonchev–Trinajstić information content (AvgIpc) is 3.07. The lowest BCUT2D eigenvalue weighted by atomic mass is 9.90. The monoisotopic (exact) mass is 322 g/mol. The second-order valence-corrected chi connectivity index (χ2v) is 5.22. The Hall–Kier alpha value is -2.09. The number of rotatable bonds is 4. The van der Waals surface area contributed by atoms with Gasteiger partial charge in [0.25, 0.3) is 0 Å². The van der Waals surface area contributed by atoms with Crippen LogP contribution in [-0.2, 0) is 19.0 Å². The maximum Gasteiger partial charge on any atom is 0.337 e. The Kier molecular flexibility index (Phi) is 4.51. The molecule has 2 aliphatic rings. The van der Waals surface area contributed by atoms with Gasteiger partial charge in [-0.05, 0) is 24.3 Å². The first kappa shape index (κ1) is 15.8. The van der Waals surface area contributed by atoms with Crippen LogP contribution in [0, 0.1) is 0 Å². The van der Waals surface area contributed by atoms with Crippen molar-refractivity contribution in [2.24, 2.45) is 0 Å². The van der Waals surface area contributed by atoms with Gasteiger partial charge in [-0.1, -0.05) is 0 Å². The van der Waals surface area contributed by atoms with Gasteiger partial charge in [0.05, 0.1) is 25.9 Å². The van der Waals surface area contributed by atoms with Crippen LogP contribution in [0.1, 0.15) is 6.42 Å². The largest absolute Gasteiger partial charge is 0.497 e. The molecule has 1 aromatic rings. The smallest absolute Gasteiger partial charge is 0.337 e. The number of benzene rings is 1. The van der Waals surface area contributed by atoms with Crippen LogP contribution in [0.5, 0.6) is 11.5 Å². The van der Waals surface area contributed by atoms with Crippen LogP contribution >= 0.6 is 0 Å². The van der Waals surface area contributed by atoms with Gasteiger partial charge >= 0.3 is 5.97 Å². The van der Waals surface area contributed by atoms with E-state index in [4.69, 9.17) is 23.7 Å². The Bertz CT molecular complexity index is 607. The third kappa shape index (κ3) is 3.03. The quantitative estimate of drug-likeness (QED) is 0.828. The number of methoxy groups -OCH3 is 2. The summed E-state index contributed by atoms with van der Waals surface area (Å²) in [6, 6.07) is 6.93. The molecule has 0 amide bonds. The highest BCUT2D eigenvalue weighted by Crippen LogP contribution is 2.35. The zero-order valence-electron chi connectivity index (χ0n) is 12.9. The molecule has 3 atom stereocenters. The first-order valence-corrected chi connectivity index (χ1v) is 7.18. The van der Waals surface area contributed by atoms with Crippen LogP contribution in [-0.4, -0.2) is 50.4 Å². The van der Waals surface area contributed by atoms with Crippen molar-refractivity contribution in [2.75, 3.05) is 21.0 Å². The predicted molar refractivity (Wildman–Crippen MR) is 77.9 cm³/mol. The van der Waals surface area contributed by atoms with E-state index in [9.17, 15) is 9.90 Å². The van der Waals surface area contributed by atoms with Crippen LogP contribution in [0.15, 0.2) is 35.6 Å². The molecule has 0 spiro atoms. The summed E-state index contributed by atoms with van der Waals surface area (Å²) in [5, 5.41) is 10.1. The van der Waals surface area contributed by atoms with Crippen molar-refractivity contribution in [1.82, 2.24) is 0 Å². The summed E-state index contributed by atoms with van der Waals surface area (Å²) in [6.45, 7) is 0.0380. The van der Waals surface area contributed by atoms with Gasteiger partial charge in [0.1, 0.15) is 36.3 Å². The van der Waals surface area contributed by atoms with E-state index in [2.05, 4.69) is 0 Å². The molecule has 23 heavy (non-hydrogen) atoms. The Labute approximate surface area is 133 Å². The second-order valence-electron chi connectivity index (χ2n) is 5.22. The summed E-state index contributed by atoms with van der Waals surface area (Å²) in [7, 11) is 2.86. The SMILES string of the molecule is COC(=O)C1=C(Oc2ccc(OC)cc2)[C@H]2OCO[C@H]2[C@H](O)C1. The van der Waals surface area contributed by atoms with E-state index in [1.54, 1.807) is 31.4 Å². The molecule has 0 unspecified atom stereocenters. The number of hydrogen-bond donors (Lipinski definition) is 1. The molecule has 124 valence electrons. The van der Waals surface area contributed by atoms with Gasteiger partial charge in [-0.3, -0.25) is 0 Å². The lowest BCUT2D eigenvalue weighted by molar-refractivity contribution is -0.137. The normalized spacial score (nSPS) is 26.7. The Morgan fingerprint density at radius 2 is 1.87 bits per heavy atom. The first-order chi connectivity index (χ1) is 11.1. The van der Waals surface area contributed by atoms with E-state index in [1.165, 1.54) is 7.11 Å². The van der Waals surface area contributed by atoms with Gasteiger partial charge in [0, 0.05) is 6.42 Å². The maximum atomic E-state index is 12.0. The fourth-order valence-electron chi connectivity index (χ4n) is 2.71. The molecule has 7 nitrogen and oxygen atoms in total. The molecule has 3 rings (SSSR count). The van der Waals surface area contributed by atoms with E-state index in [1.807, 2.05) is 0 Å². The third-order valence-corrected chi connectivity index (χ3v) is 3.87. The van der Waals surface area contributed by atoms with Gasteiger partial charge < -0.3 is 28.8 Å². The molecule has 0 bridgehead atoms. The minimum atomic E-state index is -0.847. The van der Waals surface area contributed by atoms with Crippen molar-refractivity contribution < 1.29 is 33.6 Å². The topological polar surface area (TPSA) is 83.5 Å². The Morgan fingerprint density at radius 3 is 2.52 bits per heavy atom. The van der Waals surface area contributed by atoms with Crippen molar-refractivity contribution >= 4 is 5.97 Å². The van der Waals surface area contributed by atoms with Crippen LogP contribution in [0.25, 0.3) is 0 Å². The minimum absolute atomic E-state index is 0.0380. The predicted octanol–water partition coefficient (Wildman–Crippen LogP) is 1.01. The molecular weight excluding hydrogens is 304 g/mol. The molecule has 1 aliphatic carbocycles. The summed E-state index contributed by atoms with van der Waals surface area (Å²) in [5.74, 6) is 0.973. The standard InChI is InChI=1S/C16H18O7/c1-19-9-3-5-10(6-4-9)23-13-11(16(18)20-2)7-12(17)14-15(13)22-8-21-14/h3-6,12,14-15,17H,7-8H2,1-2H3/t12-,14+,15-/m1/s1. The van der Waals surface area contributed by atoms with Gasteiger partial charge in [-0.25, -0.2) is 4.79 Å². The van der Waals surface area contributed by atoms with Crippen molar-refractivity contribution in [3.63, 3.8) is 0 Å². The van der Waals surface area contributed by atoms with Gasteiger partial charge in [0.2, 0.25) is 0 Å². The molecule has 1 aliphatic heterocycles. The van der Waals surface area contributed by atoms with Crippen molar-refractivity contribution in [2.45, 2.75) is 24.7 Å². The summed E-state index contributed by atoms with van der Waals surface area (Å²) >= 11 is 0. The summed E-state index contributed by atoms with van der Waals surface area (Å²) < 4.78 is 26.6. The number of carbonyl (C=O) groups excluding carboxylic acids is 1. The zero-order valence-corrected chi connectivity index (χ0v) is 12.9. The zero-order chi connectivity index (χ0) is 16.4. The lowest BCUT2D eigenvalue weighted by Gasteiger charge is -2.30. The van der Waals surface area contributed by atoms with Crippen molar-refractivity contribution in [3.05, 3.63) is 35.6 Å².